The molecule has 0 radical (unpaired) electrons. The first kappa shape index (κ1) is 10.6. The number of hydrogen-bond donors (Lipinski definition) is 1. The normalized spacial score (nSPS) is 21.9. The highest BCUT2D eigenvalue weighted by Gasteiger charge is 2.16. The molecule has 0 aromatic carbocycles. The Morgan fingerprint density at radius 1 is 1.33 bits per heavy atom. The van der Waals surface area contributed by atoms with Crippen molar-refractivity contribution in [2.75, 3.05) is 6.54 Å². The quantitative estimate of drug-likeness (QED) is 0.805. The van der Waals surface area contributed by atoms with Gasteiger partial charge in [0.05, 0.1) is 5.69 Å². The van der Waals surface area contributed by atoms with Crippen LogP contribution in [0.15, 0.2) is 12.4 Å². The average molecular weight is 205 g/mol. The Morgan fingerprint density at radius 3 is 2.87 bits per heavy atom. The molecule has 1 aliphatic rings. The standard InChI is InChI=1S/C12H19N3/c1-9(2)11-7-12(15-8-14-11)10-5-3-4-6-13-10/h7-10,13H,3-6H2,1-2H3. The minimum absolute atomic E-state index is 0.444. The molecule has 0 saturated carbocycles. The lowest BCUT2D eigenvalue weighted by Crippen LogP contribution is -2.27. The highest BCUT2D eigenvalue weighted by atomic mass is 15.0. The third-order valence-electron chi connectivity index (χ3n) is 2.97. The van der Waals surface area contributed by atoms with E-state index in [2.05, 4.69) is 35.2 Å². The van der Waals surface area contributed by atoms with Crippen LogP contribution in [0.4, 0.5) is 0 Å². The van der Waals surface area contributed by atoms with E-state index in [1.165, 1.54) is 19.3 Å². The highest BCUT2D eigenvalue weighted by molar-refractivity contribution is 5.15. The average Bonchev–Trinajstić information content (AvgIpc) is 2.30. The molecular formula is C12H19N3. The zero-order chi connectivity index (χ0) is 10.7. The van der Waals surface area contributed by atoms with E-state index in [-0.39, 0.29) is 0 Å². The largest absolute Gasteiger partial charge is 0.309 e. The molecule has 1 unspecified atom stereocenters. The van der Waals surface area contributed by atoms with E-state index in [1.807, 2.05) is 0 Å². The van der Waals surface area contributed by atoms with Gasteiger partial charge in [-0.2, -0.15) is 0 Å². The van der Waals surface area contributed by atoms with Crippen LogP contribution in [0.3, 0.4) is 0 Å². The Morgan fingerprint density at radius 2 is 2.20 bits per heavy atom. The summed E-state index contributed by atoms with van der Waals surface area (Å²) in [6, 6.07) is 2.59. The van der Waals surface area contributed by atoms with E-state index in [9.17, 15) is 0 Å². The molecule has 1 aromatic rings. The zero-order valence-electron chi connectivity index (χ0n) is 9.53. The van der Waals surface area contributed by atoms with E-state index in [0.717, 1.165) is 17.9 Å². The lowest BCUT2D eigenvalue weighted by atomic mass is 10.00. The summed E-state index contributed by atoms with van der Waals surface area (Å²) in [7, 11) is 0. The van der Waals surface area contributed by atoms with E-state index < -0.39 is 0 Å². The fourth-order valence-corrected chi connectivity index (χ4v) is 2.00. The number of nitrogens with zero attached hydrogens (tertiary/aromatic N) is 2. The third-order valence-corrected chi connectivity index (χ3v) is 2.97. The van der Waals surface area contributed by atoms with Crippen LogP contribution >= 0.6 is 0 Å². The minimum atomic E-state index is 0.444. The maximum atomic E-state index is 4.37. The summed E-state index contributed by atoms with van der Waals surface area (Å²) in [5.74, 6) is 0.482. The summed E-state index contributed by atoms with van der Waals surface area (Å²) in [5, 5.41) is 3.51. The van der Waals surface area contributed by atoms with Crippen LogP contribution in [0, 0.1) is 0 Å². The van der Waals surface area contributed by atoms with E-state index in [1.54, 1.807) is 6.33 Å². The van der Waals surface area contributed by atoms with Gasteiger partial charge in [0, 0.05) is 11.7 Å². The molecule has 1 aliphatic heterocycles. The summed E-state index contributed by atoms with van der Waals surface area (Å²) in [6.07, 6.45) is 5.49. The molecule has 3 nitrogen and oxygen atoms in total. The predicted octanol–water partition coefficient (Wildman–Crippen LogP) is 2.41. The van der Waals surface area contributed by atoms with Gasteiger partial charge >= 0.3 is 0 Å². The number of hydrogen-bond acceptors (Lipinski definition) is 3. The molecular weight excluding hydrogens is 186 g/mol. The minimum Gasteiger partial charge on any atom is -0.309 e. The number of aromatic nitrogens is 2. The SMILES string of the molecule is CC(C)c1cc(C2CCCCN2)ncn1. The topological polar surface area (TPSA) is 37.8 Å². The molecule has 82 valence electrons. The lowest BCUT2D eigenvalue weighted by molar-refractivity contribution is 0.404. The number of piperidine rings is 1. The molecule has 0 amide bonds. The summed E-state index contributed by atoms with van der Waals surface area (Å²) >= 11 is 0. The van der Waals surface area contributed by atoms with Gasteiger partial charge in [-0.3, -0.25) is 0 Å². The van der Waals surface area contributed by atoms with Gasteiger partial charge in [0.2, 0.25) is 0 Å². The van der Waals surface area contributed by atoms with Gasteiger partial charge < -0.3 is 5.32 Å². The molecule has 1 fully saturated rings. The Kier molecular flexibility index (Phi) is 3.31. The van der Waals surface area contributed by atoms with Gasteiger partial charge in [-0.15, -0.1) is 0 Å². The summed E-state index contributed by atoms with van der Waals surface area (Å²) < 4.78 is 0. The van der Waals surface area contributed by atoms with Crippen molar-refractivity contribution in [2.24, 2.45) is 0 Å². The number of nitrogens with one attached hydrogen (secondary N) is 1. The summed E-state index contributed by atoms with van der Waals surface area (Å²) in [5.41, 5.74) is 2.31. The fourth-order valence-electron chi connectivity index (χ4n) is 2.00. The van der Waals surface area contributed by atoms with Crippen molar-refractivity contribution in [3.63, 3.8) is 0 Å². The number of rotatable bonds is 2. The molecule has 15 heavy (non-hydrogen) atoms. The van der Waals surface area contributed by atoms with Crippen LogP contribution in [0.2, 0.25) is 0 Å². The molecule has 0 spiro atoms. The van der Waals surface area contributed by atoms with Crippen molar-refractivity contribution < 1.29 is 0 Å². The van der Waals surface area contributed by atoms with Gasteiger partial charge in [0.25, 0.3) is 0 Å². The molecule has 1 N–H and O–H groups in total. The van der Waals surface area contributed by atoms with Gasteiger partial charge in [0.15, 0.2) is 0 Å². The second kappa shape index (κ2) is 4.71. The molecule has 1 aromatic heterocycles. The first-order valence-corrected chi connectivity index (χ1v) is 5.82. The van der Waals surface area contributed by atoms with Crippen LogP contribution in [0.1, 0.15) is 56.5 Å². The van der Waals surface area contributed by atoms with Gasteiger partial charge in [-0.05, 0) is 31.4 Å². The van der Waals surface area contributed by atoms with Crippen LogP contribution in [0.25, 0.3) is 0 Å². The molecule has 1 saturated heterocycles. The Labute approximate surface area is 91.3 Å². The van der Waals surface area contributed by atoms with Crippen LogP contribution in [0.5, 0.6) is 0 Å². The molecule has 0 aliphatic carbocycles. The van der Waals surface area contributed by atoms with Crippen molar-refractivity contribution in [2.45, 2.75) is 45.1 Å². The van der Waals surface area contributed by atoms with Crippen molar-refractivity contribution in [1.82, 2.24) is 15.3 Å². The lowest BCUT2D eigenvalue weighted by Gasteiger charge is -2.23. The van der Waals surface area contributed by atoms with Gasteiger partial charge in [-0.25, -0.2) is 9.97 Å². The van der Waals surface area contributed by atoms with E-state index in [4.69, 9.17) is 0 Å². The Hall–Kier alpha value is -0.960. The second-order valence-corrected chi connectivity index (χ2v) is 4.52. The highest BCUT2D eigenvalue weighted by Crippen LogP contribution is 2.22. The van der Waals surface area contributed by atoms with Crippen LogP contribution < -0.4 is 5.32 Å². The third kappa shape index (κ3) is 2.53. The van der Waals surface area contributed by atoms with Crippen molar-refractivity contribution in [3.05, 3.63) is 23.8 Å². The molecule has 3 heteroatoms. The molecule has 1 atom stereocenters. The first-order valence-electron chi connectivity index (χ1n) is 5.82. The van der Waals surface area contributed by atoms with E-state index >= 15 is 0 Å². The molecule has 0 bridgehead atoms. The van der Waals surface area contributed by atoms with Crippen molar-refractivity contribution >= 4 is 0 Å². The second-order valence-electron chi connectivity index (χ2n) is 4.52. The summed E-state index contributed by atoms with van der Waals surface area (Å²) in [6.45, 7) is 5.45. The zero-order valence-corrected chi connectivity index (χ0v) is 9.53. The first-order chi connectivity index (χ1) is 7.27. The van der Waals surface area contributed by atoms with Crippen molar-refractivity contribution in [3.8, 4) is 0 Å². The van der Waals surface area contributed by atoms with Crippen LogP contribution in [-0.4, -0.2) is 16.5 Å². The maximum Gasteiger partial charge on any atom is 0.116 e. The fraction of sp³-hybridized carbons (Fsp3) is 0.667. The monoisotopic (exact) mass is 205 g/mol. The molecule has 2 rings (SSSR count). The Balaban J connectivity index is 2.16. The smallest absolute Gasteiger partial charge is 0.116 e. The molecule has 2 heterocycles. The maximum absolute atomic E-state index is 4.37. The Bertz CT molecular complexity index is 316. The predicted molar refractivity (Wildman–Crippen MR) is 60.7 cm³/mol. The van der Waals surface area contributed by atoms with Crippen molar-refractivity contribution in [1.29, 1.82) is 0 Å². The van der Waals surface area contributed by atoms with Gasteiger partial charge in [-0.1, -0.05) is 20.3 Å². The summed E-state index contributed by atoms with van der Waals surface area (Å²) in [4.78, 5) is 8.67. The van der Waals surface area contributed by atoms with E-state index in [0.29, 0.717) is 12.0 Å². The van der Waals surface area contributed by atoms with Crippen LogP contribution in [-0.2, 0) is 0 Å². The van der Waals surface area contributed by atoms with Gasteiger partial charge in [0.1, 0.15) is 6.33 Å².